The van der Waals surface area contributed by atoms with E-state index in [2.05, 4.69) is 4.98 Å². The summed E-state index contributed by atoms with van der Waals surface area (Å²) in [6, 6.07) is 7.61. The number of aromatic nitrogens is 1. The van der Waals surface area contributed by atoms with Gasteiger partial charge >= 0.3 is 5.97 Å². The van der Waals surface area contributed by atoms with Gasteiger partial charge in [0, 0.05) is 23.5 Å². The number of ether oxygens (including phenoxy) is 1. The van der Waals surface area contributed by atoms with Crippen molar-refractivity contribution in [2.75, 3.05) is 6.61 Å². The Morgan fingerprint density at radius 2 is 2.18 bits per heavy atom. The van der Waals surface area contributed by atoms with Crippen LogP contribution >= 0.6 is 11.6 Å². The fourth-order valence-corrected chi connectivity index (χ4v) is 2.06. The Hall–Kier alpha value is -2.47. The molecule has 7 heteroatoms. The number of aryl methyl sites for hydroxylation is 1. The van der Waals surface area contributed by atoms with Crippen molar-refractivity contribution in [2.24, 2.45) is 0 Å². The second kappa shape index (κ2) is 7.51. The van der Waals surface area contributed by atoms with E-state index >= 15 is 0 Å². The number of nitro groups is 1. The van der Waals surface area contributed by atoms with Gasteiger partial charge in [0.25, 0.3) is 5.69 Å². The van der Waals surface area contributed by atoms with Gasteiger partial charge in [-0.2, -0.15) is 0 Å². The molecule has 2 aromatic rings. The monoisotopic (exact) mass is 320 g/mol. The first kappa shape index (κ1) is 15.9. The van der Waals surface area contributed by atoms with E-state index in [0.717, 1.165) is 11.6 Å². The van der Waals surface area contributed by atoms with Crippen molar-refractivity contribution in [3.05, 3.63) is 69.0 Å². The zero-order chi connectivity index (χ0) is 15.9. The number of pyridine rings is 1. The average molecular weight is 321 g/mol. The Morgan fingerprint density at radius 1 is 1.36 bits per heavy atom. The minimum atomic E-state index is -0.727. The maximum absolute atomic E-state index is 11.9. The van der Waals surface area contributed by atoms with E-state index in [1.807, 2.05) is 12.1 Å². The van der Waals surface area contributed by atoms with E-state index in [0.29, 0.717) is 12.8 Å². The second-order valence-electron chi connectivity index (χ2n) is 4.52. The molecule has 114 valence electrons. The number of nitrogens with zero attached hydrogens (tertiary/aromatic N) is 2. The average Bonchev–Trinajstić information content (AvgIpc) is 2.52. The summed E-state index contributed by atoms with van der Waals surface area (Å²) < 4.78 is 5.07. The molecular weight excluding hydrogens is 308 g/mol. The van der Waals surface area contributed by atoms with Gasteiger partial charge in [-0.3, -0.25) is 15.1 Å². The van der Waals surface area contributed by atoms with Gasteiger partial charge in [0.15, 0.2) is 0 Å². The SMILES string of the molecule is O=C(OCCCc1cccnc1)c1ccc(Cl)cc1[N+](=O)[O-]. The highest BCUT2D eigenvalue weighted by Gasteiger charge is 2.21. The molecule has 0 amide bonds. The molecule has 0 aliphatic carbocycles. The van der Waals surface area contributed by atoms with Crippen molar-refractivity contribution >= 4 is 23.3 Å². The van der Waals surface area contributed by atoms with Gasteiger partial charge in [-0.25, -0.2) is 4.79 Å². The fraction of sp³-hybridized carbons (Fsp3) is 0.200. The van der Waals surface area contributed by atoms with Crippen molar-refractivity contribution in [1.82, 2.24) is 4.98 Å². The fourth-order valence-electron chi connectivity index (χ4n) is 1.89. The molecule has 0 aliphatic rings. The number of carbonyl (C=O) groups is 1. The predicted octanol–water partition coefficient (Wildman–Crippen LogP) is 3.43. The van der Waals surface area contributed by atoms with E-state index in [9.17, 15) is 14.9 Å². The van der Waals surface area contributed by atoms with E-state index < -0.39 is 10.9 Å². The van der Waals surface area contributed by atoms with Crippen molar-refractivity contribution in [2.45, 2.75) is 12.8 Å². The van der Waals surface area contributed by atoms with Crippen LogP contribution in [-0.4, -0.2) is 22.5 Å². The van der Waals surface area contributed by atoms with Crippen LogP contribution in [0.4, 0.5) is 5.69 Å². The third kappa shape index (κ3) is 4.26. The normalized spacial score (nSPS) is 10.2. The van der Waals surface area contributed by atoms with Crippen LogP contribution in [-0.2, 0) is 11.2 Å². The molecule has 0 saturated heterocycles. The molecule has 0 spiro atoms. The molecular formula is C15H13ClN2O4. The molecule has 1 aromatic carbocycles. The lowest BCUT2D eigenvalue weighted by molar-refractivity contribution is -0.385. The van der Waals surface area contributed by atoms with Gasteiger partial charge in [0.05, 0.1) is 11.5 Å². The first-order valence-corrected chi connectivity index (χ1v) is 6.95. The molecule has 0 radical (unpaired) electrons. The molecule has 0 saturated carbocycles. The molecule has 0 atom stereocenters. The molecule has 0 fully saturated rings. The molecule has 0 bridgehead atoms. The number of nitro benzene ring substituents is 1. The predicted molar refractivity (Wildman–Crippen MR) is 80.9 cm³/mol. The highest BCUT2D eigenvalue weighted by Crippen LogP contribution is 2.23. The molecule has 1 heterocycles. The van der Waals surface area contributed by atoms with Crippen LogP contribution in [0.15, 0.2) is 42.7 Å². The van der Waals surface area contributed by atoms with Gasteiger partial charge in [-0.1, -0.05) is 17.7 Å². The third-order valence-electron chi connectivity index (χ3n) is 2.94. The maximum Gasteiger partial charge on any atom is 0.345 e. The highest BCUT2D eigenvalue weighted by atomic mass is 35.5. The van der Waals surface area contributed by atoms with Crippen LogP contribution in [0.2, 0.25) is 5.02 Å². The van der Waals surface area contributed by atoms with Gasteiger partial charge in [-0.15, -0.1) is 0 Å². The number of carbonyl (C=O) groups excluding carboxylic acids is 1. The minimum absolute atomic E-state index is 0.101. The Balaban J connectivity index is 1.91. The molecule has 2 rings (SSSR count). The zero-order valence-corrected chi connectivity index (χ0v) is 12.3. The van der Waals surface area contributed by atoms with Crippen molar-refractivity contribution in [1.29, 1.82) is 0 Å². The molecule has 1 aromatic heterocycles. The summed E-state index contributed by atoms with van der Waals surface area (Å²) in [4.78, 5) is 26.2. The van der Waals surface area contributed by atoms with Crippen molar-refractivity contribution in [3.63, 3.8) is 0 Å². The molecule has 0 N–H and O–H groups in total. The molecule has 6 nitrogen and oxygen atoms in total. The Bertz CT molecular complexity index is 676. The van der Waals surface area contributed by atoms with Gasteiger partial charge in [0.1, 0.15) is 5.56 Å². The minimum Gasteiger partial charge on any atom is -0.462 e. The van der Waals surface area contributed by atoms with Crippen molar-refractivity contribution < 1.29 is 14.5 Å². The van der Waals surface area contributed by atoms with Gasteiger partial charge < -0.3 is 4.74 Å². The molecule has 22 heavy (non-hydrogen) atoms. The second-order valence-corrected chi connectivity index (χ2v) is 4.96. The summed E-state index contributed by atoms with van der Waals surface area (Å²) >= 11 is 5.70. The first-order valence-electron chi connectivity index (χ1n) is 6.58. The quantitative estimate of drug-likeness (QED) is 0.352. The Labute approximate surface area is 131 Å². The standard InChI is InChI=1S/C15H13ClN2O4/c16-12-5-6-13(14(9-12)18(20)21)15(19)22-8-2-4-11-3-1-7-17-10-11/h1,3,5-7,9-10H,2,4,8H2. The molecule has 0 unspecified atom stereocenters. The Kier molecular flexibility index (Phi) is 5.43. The number of esters is 1. The maximum atomic E-state index is 11.9. The van der Waals surface area contributed by atoms with Crippen LogP contribution < -0.4 is 0 Å². The summed E-state index contributed by atoms with van der Waals surface area (Å²) in [6.45, 7) is 0.174. The van der Waals surface area contributed by atoms with E-state index in [1.165, 1.54) is 12.1 Å². The number of halogens is 1. The number of hydrogen-bond acceptors (Lipinski definition) is 5. The molecule has 0 aliphatic heterocycles. The third-order valence-corrected chi connectivity index (χ3v) is 3.18. The number of hydrogen-bond donors (Lipinski definition) is 0. The van der Waals surface area contributed by atoms with E-state index in [1.54, 1.807) is 12.4 Å². The van der Waals surface area contributed by atoms with Crippen LogP contribution in [0.1, 0.15) is 22.3 Å². The lowest BCUT2D eigenvalue weighted by atomic mass is 10.1. The zero-order valence-electron chi connectivity index (χ0n) is 11.6. The first-order chi connectivity index (χ1) is 10.6. The van der Waals surface area contributed by atoms with E-state index in [4.69, 9.17) is 16.3 Å². The summed E-state index contributed by atoms with van der Waals surface area (Å²) in [5, 5.41) is 11.1. The van der Waals surface area contributed by atoms with Gasteiger partial charge in [-0.05, 0) is 36.6 Å². The van der Waals surface area contributed by atoms with Gasteiger partial charge in [0.2, 0.25) is 0 Å². The van der Waals surface area contributed by atoms with Crippen LogP contribution in [0, 0.1) is 10.1 Å². The lowest BCUT2D eigenvalue weighted by Gasteiger charge is -2.06. The van der Waals surface area contributed by atoms with Crippen LogP contribution in [0.3, 0.4) is 0 Å². The smallest absolute Gasteiger partial charge is 0.345 e. The van der Waals surface area contributed by atoms with E-state index in [-0.39, 0.29) is 22.9 Å². The summed E-state index contributed by atoms with van der Waals surface area (Å²) in [7, 11) is 0. The number of benzene rings is 1. The summed E-state index contributed by atoms with van der Waals surface area (Å²) in [5.74, 6) is -0.727. The topological polar surface area (TPSA) is 82.3 Å². The highest BCUT2D eigenvalue weighted by molar-refractivity contribution is 6.31. The largest absolute Gasteiger partial charge is 0.462 e. The lowest BCUT2D eigenvalue weighted by Crippen LogP contribution is -2.09. The summed E-state index contributed by atoms with van der Waals surface area (Å²) in [5.41, 5.74) is 0.580. The summed E-state index contributed by atoms with van der Waals surface area (Å²) in [6.07, 6.45) is 4.75. The Morgan fingerprint density at radius 3 is 2.86 bits per heavy atom. The van der Waals surface area contributed by atoms with Crippen LogP contribution in [0.5, 0.6) is 0 Å². The van der Waals surface area contributed by atoms with Crippen LogP contribution in [0.25, 0.3) is 0 Å². The number of rotatable bonds is 6. The van der Waals surface area contributed by atoms with Crippen molar-refractivity contribution in [3.8, 4) is 0 Å².